The molecule has 0 fully saturated rings. The predicted octanol–water partition coefficient (Wildman–Crippen LogP) is 3.84. The summed E-state index contributed by atoms with van der Waals surface area (Å²) in [5.74, 6) is 1.55. The molecule has 0 aliphatic rings. The van der Waals surface area contributed by atoms with Crippen LogP contribution < -0.4 is 19.6 Å². The Morgan fingerprint density at radius 2 is 1.72 bits per heavy atom. The third kappa shape index (κ3) is 2.46. The lowest BCUT2D eigenvalue weighted by Gasteiger charge is -2.14. The molecule has 0 saturated heterocycles. The van der Waals surface area contributed by atoms with Gasteiger partial charge in [0.15, 0.2) is 28.2 Å². The second kappa shape index (κ2) is 6.30. The molecule has 0 unspecified atom stereocenters. The van der Waals surface area contributed by atoms with E-state index in [4.69, 9.17) is 23.6 Å². The summed E-state index contributed by atoms with van der Waals surface area (Å²) in [7, 11) is 4.70. The Kier molecular flexibility index (Phi) is 3.73. The third-order valence-electron chi connectivity index (χ3n) is 4.97. The second-order valence-corrected chi connectivity index (χ2v) is 6.51. The van der Waals surface area contributed by atoms with Gasteiger partial charge in [0, 0.05) is 28.6 Å². The Balaban J connectivity index is 1.94. The van der Waals surface area contributed by atoms with Gasteiger partial charge in [0.1, 0.15) is 11.1 Å². The summed E-state index contributed by atoms with van der Waals surface area (Å²) in [4.78, 5) is 16.5. The van der Waals surface area contributed by atoms with Gasteiger partial charge in [-0.05, 0) is 29.8 Å². The van der Waals surface area contributed by atoms with Crippen LogP contribution in [0.4, 0.5) is 0 Å². The van der Waals surface area contributed by atoms with Crippen LogP contribution in [0.25, 0.3) is 44.2 Å². The van der Waals surface area contributed by atoms with E-state index < -0.39 is 0 Å². The number of methoxy groups -OCH3 is 3. The molecular weight excluding hydrogens is 374 g/mol. The minimum Gasteiger partial charge on any atom is -0.493 e. The smallest absolute Gasteiger partial charge is 0.203 e. The van der Waals surface area contributed by atoms with E-state index in [0.717, 1.165) is 21.9 Å². The number of fused-ring (bicyclic) bond motifs is 4. The highest BCUT2D eigenvalue weighted by atomic mass is 16.5. The number of aromatic amines is 2. The van der Waals surface area contributed by atoms with E-state index in [2.05, 4.69) is 10.2 Å². The van der Waals surface area contributed by atoms with E-state index in [1.54, 1.807) is 27.4 Å². The van der Waals surface area contributed by atoms with Gasteiger partial charge in [0.25, 0.3) is 0 Å². The molecule has 8 heteroatoms. The molecule has 0 bridgehead atoms. The Bertz CT molecular complexity index is 1420. The first-order chi connectivity index (χ1) is 14.1. The lowest BCUT2D eigenvalue weighted by Crippen LogP contribution is -1.96. The van der Waals surface area contributed by atoms with Crippen LogP contribution in [0, 0.1) is 0 Å². The Morgan fingerprint density at radius 1 is 0.966 bits per heavy atom. The van der Waals surface area contributed by atoms with E-state index in [1.165, 1.54) is 12.1 Å². The van der Waals surface area contributed by atoms with Crippen LogP contribution in [0.3, 0.4) is 0 Å². The van der Waals surface area contributed by atoms with Crippen LogP contribution in [-0.4, -0.2) is 36.5 Å². The highest BCUT2D eigenvalue weighted by Crippen LogP contribution is 2.45. The van der Waals surface area contributed by atoms with Crippen molar-refractivity contribution in [1.29, 1.82) is 0 Å². The fraction of sp³-hybridized carbons (Fsp3) is 0.143. The molecule has 0 amide bonds. The average molecular weight is 391 g/mol. The van der Waals surface area contributed by atoms with Crippen molar-refractivity contribution in [3.63, 3.8) is 0 Å². The van der Waals surface area contributed by atoms with Crippen molar-refractivity contribution in [3.05, 3.63) is 46.8 Å². The van der Waals surface area contributed by atoms with Crippen LogP contribution in [0.1, 0.15) is 0 Å². The number of rotatable bonds is 4. The fourth-order valence-electron chi connectivity index (χ4n) is 3.68. The molecule has 0 radical (unpaired) electrons. The van der Waals surface area contributed by atoms with Crippen LogP contribution in [0.15, 0.2) is 45.7 Å². The largest absolute Gasteiger partial charge is 0.493 e. The van der Waals surface area contributed by atoms with Crippen molar-refractivity contribution in [2.45, 2.75) is 0 Å². The first-order valence-electron chi connectivity index (χ1n) is 8.87. The molecule has 5 rings (SSSR count). The van der Waals surface area contributed by atoms with Crippen molar-refractivity contribution < 1.29 is 18.6 Å². The van der Waals surface area contributed by atoms with Crippen LogP contribution >= 0.6 is 0 Å². The molecule has 0 atom stereocenters. The van der Waals surface area contributed by atoms with E-state index in [9.17, 15) is 4.79 Å². The Morgan fingerprint density at radius 3 is 2.41 bits per heavy atom. The summed E-state index contributed by atoms with van der Waals surface area (Å²) in [6, 6.07) is 8.41. The number of benzene rings is 2. The number of hydrogen-bond donors (Lipinski definition) is 2. The summed E-state index contributed by atoms with van der Waals surface area (Å²) in [6.45, 7) is 0. The van der Waals surface area contributed by atoms with Gasteiger partial charge in [-0.25, -0.2) is 4.98 Å². The number of furan rings is 1. The Hall–Kier alpha value is -3.94. The van der Waals surface area contributed by atoms with Gasteiger partial charge in [-0.15, -0.1) is 0 Å². The second-order valence-electron chi connectivity index (χ2n) is 6.51. The molecule has 29 heavy (non-hydrogen) atoms. The highest BCUT2D eigenvalue weighted by Gasteiger charge is 2.22. The molecule has 146 valence electrons. The van der Waals surface area contributed by atoms with Crippen molar-refractivity contribution in [2.75, 3.05) is 21.3 Å². The number of nitrogens with zero attached hydrogens (tertiary/aromatic N) is 1. The topological polar surface area (TPSA) is 102 Å². The van der Waals surface area contributed by atoms with Gasteiger partial charge < -0.3 is 23.7 Å². The van der Waals surface area contributed by atoms with Crippen molar-refractivity contribution in [1.82, 2.24) is 15.2 Å². The summed E-state index contributed by atoms with van der Waals surface area (Å²) >= 11 is 0. The maximum Gasteiger partial charge on any atom is 0.203 e. The molecule has 0 saturated carbocycles. The normalized spacial score (nSPS) is 11.4. The molecule has 2 N–H and O–H groups in total. The van der Waals surface area contributed by atoms with Gasteiger partial charge in [-0.3, -0.25) is 9.89 Å². The first-order valence-corrected chi connectivity index (χ1v) is 8.87. The third-order valence-corrected chi connectivity index (χ3v) is 4.97. The maximum atomic E-state index is 11.8. The molecular formula is C21H17N3O5. The van der Waals surface area contributed by atoms with Crippen LogP contribution in [0.2, 0.25) is 0 Å². The van der Waals surface area contributed by atoms with Gasteiger partial charge in [0.05, 0.1) is 21.3 Å². The molecule has 3 heterocycles. The number of aromatic nitrogens is 3. The SMILES string of the molecule is COc1cc(-c2c3c[nH][nH]c3nc3c2oc2cc(=O)ccc23)cc(OC)c1OC. The molecule has 3 aromatic heterocycles. The zero-order valence-electron chi connectivity index (χ0n) is 16.0. The van der Waals surface area contributed by atoms with Gasteiger partial charge in [-0.2, -0.15) is 0 Å². The predicted molar refractivity (Wildman–Crippen MR) is 109 cm³/mol. The monoisotopic (exact) mass is 391 g/mol. The summed E-state index contributed by atoms with van der Waals surface area (Å²) in [5.41, 5.74) is 3.86. The summed E-state index contributed by atoms with van der Waals surface area (Å²) < 4.78 is 22.6. The standard InChI is InChI=1S/C21H17N3O5/c1-26-15-6-10(7-16(27-2)19(15)28-3)17-13-9-22-24-21(13)23-18-12-5-4-11(25)8-14(12)29-20(17)18/h4-9H,1-3H3,(H2,22,23,24). The molecule has 0 aliphatic carbocycles. The lowest BCUT2D eigenvalue weighted by atomic mass is 10.0. The number of hydrogen-bond acceptors (Lipinski definition) is 6. The lowest BCUT2D eigenvalue weighted by molar-refractivity contribution is 0.324. The molecule has 5 aromatic rings. The van der Waals surface area contributed by atoms with Crippen molar-refractivity contribution >= 4 is 33.1 Å². The quantitative estimate of drug-likeness (QED) is 0.483. The Labute approximate surface area is 164 Å². The van der Waals surface area contributed by atoms with Gasteiger partial charge in [0.2, 0.25) is 5.75 Å². The number of nitrogens with one attached hydrogen (secondary N) is 2. The van der Waals surface area contributed by atoms with Crippen molar-refractivity contribution in [3.8, 4) is 28.4 Å². The summed E-state index contributed by atoms with van der Waals surface area (Å²) in [5, 5.41) is 7.62. The molecule has 8 nitrogen and oxygen atoms in total. The number of ether oxygens (including phenoxy) is 3. The zero-order valence-corrected chi connectivity index (χ0v) is 16.0. The molecule has 2 aromatic carbocycles. The van der Waals surface area contributed by atoms with Crippen LogP contribution in [0.5, 0.6) is 17.2 Å². The average Bonchev–Trinajstić information content (AvgIpc) is 3.34. The van der Waals surface area contributed by atoms with E-state index in [0.29, 0.717) is 39.6 Å². The van der Waals surface area contributed by atoms with E-state index >= 15 is 0 Å². The first kappa shape index (κ1) is 17.2. The van der Waals surface area contributed by atoms with Crippen LogP contribution in [-0.2, 0) is 0 Å². The van der Waals surface area contributed by atoms with E-state index in [-0.39, 0.29) is 5.43 Å². The number of H-pyrrole nitrogens is 2. The highest BCUT2D eigenvalue weighted by molar-refractivity contribution is 6.14. The zero-order chi connectivity index (χ0) is 20.1. The minimum atomic E-state index is -0.121. The fourth-order valence-corrected chi connectivity index (χ4v) is 3.68. The van der Waals surface area contributed by atoms with Gasteiger partial charge >= 0.3 is 0 Å². The number of pyridine rings is 1. The molecule has 0 aliphatic heterocycles. The van der Waals surface area contributed by atoms with Crippen molar-refractivity contribution in [2.24, 2.45) is 0 Å². The van der Waals surface area contributed by atoms with Gasteiger partial charge in [-0.1, -0.05) is 0 Å². The minimum absolute atomic E-state index is 0.121. The molecule has 0 spiro atoms. The van der Waals surface area contributed by atoms with E-state index in [1.807, 2.05) is 18.3 Å². The summed E-state index contributed by atoms with van der Waals surface area (Å²) in [6.07, 6.45) is 1.81. The maximum absolute atomic E-state index is 11.8.